The number of hydrogen-bond donors (Lipinski definition) is 0. The molecule has 0 aromatic heterocycles. The summed E-state index contributed by atoms with van der Waals surface area (Å²) in [6.07, 6.45) is 50.9. The van der Waals surface area contributed by atoms with Crippen LogP contribution >= 0.6 is 0 Å². The molecule has 0 rings (SSSR count). The topological polar surface area (TPSA) is 78.9 Å². The molecule has 0 saturated carbocycles. The second-order valence-electron chi connectivity index (χ2n) is 20.2. The van der Waals surface area contributed by atoms with Crippen LogP contribution in [0.15, 0.2) is 0 Å². The van der Waals surface area contributed by atoms with E-state index < -0.39 is 6.10 Å². The van der Waals surface area contributed by atoms with Crippen molar-refractivity contribution in [3.63, 3.8) is 0 Å². The summed E-state index contributed by atoms with van der Waals surface area (Å²) in [7, 11) is 0. The number of hydrogen-bond acceptors (Lipinski definition) is 6. The lowest BCUT2D eigenvalue weighted by atomic mass is 10.0. The summed E-state index contributed by atoms with van der Waals surface area (Å²) in [6, 6.07) is 0. The first-order valence-electron chi connectivity index (χ1n) is 27.7. The summed E-state index contributed by atoms with van der Waals surface area (Å²) >= 11 is 0. The van der Waals surface area contributed by atoms with E-state index >= 15 is 0 Å². The van der Waals surface area contributed by atoms with Crippen LogP contribution in [0.5, 0.6) is 0 Å². The van der Waals surface area contributed by atoms with Crippen LogP contribution in [0.25, 0.3) is 0 Å². The highest BCUT2D eigenvalue weighted by atomic mass is 16.6. The van der Waals surface area contributed by atoms with Gasteiger partial charge in [-0.2, -0.15) is 0 Å². The Balaban J connectivity index is 4.28. The van der Waals surface area contributed by atoms with Gasteiger partial charge >= 0.3 is 17.9 Å². The Morgan fingerprint density at radius 3 is 0.790 bits per heavy atom. The molecule has 0 spiro atoms. The lowest BCUT2D eigenvalue weighted by Gasteiger charge is -2.18. The van der Waals surface area contributed by atoms with Crippen molar-refractivity contribution >= 4 is 17.9 Å². The van der Waals surface area contributed by atoms with Crippen molar-refractivity contribution < 1.29 is 28.6 Å². The van der Waals surface area contributed by atoms with Crippen LogP contribution in [-0.4, -0.2) is 37.2 Å². The van der Waals surface area contributed by atoms with Crippen LogP contribution < -0.4 is 0 Å². The van der Waals surface area contributed by atoms with Crippen molar-refractivity contribution in [3.8, 4) is 0 Å². The van der Waals surface area contributed by atoms with E-state index in [9.17, 15) is 14.4 Å². The average molecular weight is 877 g/mol. The van der Waals surface area contributed by atoms with E-state index in [1.54, 1.807) is 0 Å². The number of carbonyl (C=O) groups is 3. The molecule has 1 atom stereocenters. The molecule has 6 heteroatoms. The summed E-state index contributed by atoms with van der Waals surface area (Å²) in [5.74, 6) is 0.802. The fraction of sp³-hybridized carbons (Fsp3) is 0.946. The van der Waals surface area contributed by atoms with Crippen molar-refractivity contribution in [2.75, 3.05) is 13.2 Å². The zero-order chi connectivity index (χ0) is 45.4. The maximum atomic E-state index is 12.8. The molecule has 0 radical (unpaired) electrons. The van der Waals surface area contributed by atoms with E-state index in [2.05, 4.69) is 34.6 Å². The monoisotopic (exact) mass is 877 g/mol. The van der Waals surface area contributed by atoms with Crippen molar-refractivity contribution in [2.45, 2.75) is 317 Å². The highest BCUT2D eigenvalue weighted by Crippen LogP contribution is 2.18. The van der Waals surface area contributed by atoms with E-state index in [1.807, 2.05) is 0 Å². The van der Waals surface area contributed by atoms with Gasteiger partial charge in [-0.15, -0.1) is 0 Å². The third-order valence-corrected chi connectivity index (χ3v) is 12.7. The standard InChI is InChI=1S/C56H108O6/c1-6-7-8-9-10-11-12-13-14-15-18-21-26-31-36-41-46-54(57)60-49-53(62-56(59)48-43-38-33-28-23-25-30-35-40-45-52(4)5)50-61-55(58)47-42-37-32-27-22-19-16-17-20-24-29-34-39-44-51(2)3/h51-53H,6-50H2,1-5H3/t53-/m0/s1. The van der Waals surface area contributed by atoms with Gasteiger partial charge in [-0.25, -0.2) is 0 Å². The average Bonchev–Trinajstić information content (AvgIpc) is 3.24. The van der Waals surface area contributed by atoms with Crippen LogP contribution in [0, 0.1) is 11.8 Å². The molecule has 62 heavy (non-hydrogen) atoms. The number of rotatable bonds is 50. The molecule has 0 amide bonds. The molecule has 0 aromatic carbocycles. The van der Waals surface area contributed by atoms with E-state index in [4.69, 9.17) is 14.2 Å². The number of esters is 3. The Morgan fingerprint density at radius 2 is 0.532 bits per heavy atom. The molecule has 0 N–H and O–H groups in total. The molecule has 0 bridgehead atoms. The van der Waals surface area contributed by atoms with E-state index in [-0.39, 0.29) is 31.1 Å². The maximum absolute atomic E-state index is 12.8. The smallest absolute Gasteiger partial charge is 0.306 e. The van der Waals surface area contributed by atoms with Crippen molar-refractivity contribution in [1.29, 1.82) is 0 Å². The zero-order valence-electron chi connectivity index (χ0n) is 42.5. The van der Waals surface area contributed by atoms with Gasteiger partial charge in [0, 0.05) is 19.3 Å². The predicted molar refractivity (Wildman–Crippen MR) is 266 cm³/mol. The normalized spacial score (nSPS) is 12.0. The van der Waals surface area contributed by atoms with Crippen molar-refractivity contribution in [1.82, 2.24) is 0 Å². The number of unbranched alkanes of at least 4 members (excludes halogenated alkanes) is 35. The Bertz CT molecular complexity index is 947. The van der Waals surface area contributed by atoms with Crippen LogP contribution in [0.3, 0.4) is 0 Å². The van der Waals surface area contributed by atoms with Gasteiger partial charge in [-0.1, -0.05) is 272 Å². The van der Waals surface area contributed by atoms with Gasteiger partial charge in [0.2, 0.25) is 0 Å². The molecule has 6 nitrogen and oxygen atoms in total. The minimum Gasteiger partial charge on any atom is -0.462 e. The second-order valence-corrected chi connectivity index (χ2v) is 20.2. The van der Waals surface area contributed by atoms with E-state index in [0.29, 0.717) is 19.3 Å². The van der Waals surface area contributed by atoms with Crippen molar-refractivity contribution in [3.05, 3.63) is 0 Å². The summed E-state index contributed by atoms with van der Waals surface area (Å²) in [4.78, 5) is 38.0. The van der Waals surface area contributed by atoms with Crippen LogP contribution in [-0.2, 0) is 28.6 Å². The summed E-state index contributed by atoms with van der Waals surface area (Å²) < 4.78 is 16.9. The second kappa shape index (κ2) is 48.9. The largest absolute Gasteiger partial charge is 0.462 e. The Labute approximate surface area is 387 Å². The molecule has 0 fully saturated rings. The molecule has 0 aliphatic heterocycles. The Morgan fingerprint density at radius 1 is 0.306 bits per heavy atom. The fourth-order valence-electron chi connectivity index (χ4n) is 8.52. The lowest BCUT2D eigenvalue weighted by Crippen LogP contribution is -2.30. The van der Waals surface area contributed by atoms with Gasteiger partial charge in [-0.05, 0) is 31.1 Å². The molecule has 0 aliphatic rings. The first-order valence-corrected chi connectivity index (χ1v) is 27.7. The fourth-order valence-corrected chi connectivity index (χ4v) is 8.52. The summed E-state index contributed by atoms with van der Waals surface area (Å²) in [5.41, 5.74) is 0. The summed E-state index contributed by atoms with van der Waals surface area (Å²) in [6.45, 7) is 11.4. The molecule has 0 aromatic rings. The highest BCUT2D eigenvalue weighted by molar-refractivity contribution is 5.71. The van der Waals surface area contributed by atoms with E-state index in [0.717, 1.165) is 69.6 Å². The highest BCUT2D eigenvalue weighted by Gasteiger charge is 2.19. The van der Waals surface area contributed by atoms with Gasteiger partial charge in [-0.3, -0.25) is 14.4 Å². The Hall–Kier alpha value is -1.59. The van der Waals surface area contributed by atoms with Gasteiger partial charge in [0.05, 0.1) is 0 Å². The van der Waals surface area contributed by atoms with Crippen LogP contribution in [0.4, 0.5) is 0 Å². The first-order chi connectivity index (χ1) is 30.2. The molecule has 0 heterocycles. The third kappa shape index (κ3) is 49.4. The van der Waals surface area contributed by atoms with Gasteiger partial charge in [0.15, 0.2) is 6.10 Å². The van der Waals surface area contributed by atoms with Gasteiger partial charge < -0.3 is 14.2 Å². The molecule has 0 aliphatic carbocycles. The van der Waals surface area contributed by atoms with Crippen LogP contribution in [0.2, 0.25) is 0 Å². The maximum Gasteiger partial charge on any atom is 0.306 e. The molecule has 0 unspecified atom stereocenters. The first kappa shape index (κ1) is 60.4. The van der Waals surface area contributed by atoms with Gasteiger partial charge in [0.1, 0.15) is 13.2 Å². The SMILES string of the molecule is CCCCCCCCCCCCCCCCCCC(=O)OC[C@@H](COC(=O)CCCCCCCCCCCCCCCC(C)C)OC(=O)CCCCCCCCCCCC(C)C. The molecule has 0 saturated heterocycles. The van der Waals surface area contributed by atoms with Gasteiger partial charge in [0.25, 0.3) is 0 Å². The van der Waals surface area contributed by atoms with E-state index in [1.165, 1.54) is 199 Å². The quantitative estimate of drug-likeness (QED) is 0.0344. The number of ether oxygens (including phenoxy) is 3. The molecule has 368 valence electrons. The minimum absolute atomic E-state index is 0.0633. The third-order valence-electron chi connectivity index (χ3n) is 12.7. The predicted octanol–water partition coefficient (Wildman–Crippen LogP) is 18.1. The Kier molecular flexibility index (Phi) is 47.6. The van der Waals surface area contributed by atoms with Crippen LogP contribution in [0.1, 0.15) is 311 Å². The molecular weight excluding hydrogens is 769 g/mol. The summed E-state index contributed by atoms with van der Waals surface area (Å²) in [5, 5.41) is 0. The molecular formula is C56H108O6. The lowest BCUT2D eigenvalue weighted by molar-refractivity contribution is -0.167. The van der Waals surface area contributed by atoms with Crippen molar-refractivity contribution in [2.24, 2.45) is 11.8 Å². The number of carbonyl (C=O) groups excluding carboxylic acids is 3. The zero-order valence-corrected chi connectivity index (χ0v) is 42.5. The minimum atomic E-state index is -0.762.